The maximum Gasteiger partial charge on any atom is 0.356 e. The largest absolute Gasteiger partial charge is 0.476 e. The van der Waals surface area contributed by atoms with E-state index < -0.39 is 5.97 Å². The number of rotatable bonds is 5. The zero-order valence-corrected chi connectivity index (χ0v) is 12.9. The highest BCUT2D eigenvalue weighted by Gasteiger charge is 2.21. The number of aromatic carboxylic acids is 1. The third-order valence-corrected chi connectivity index (χ3v) is 4.95. The fraction of sp³-hybridized carbons (Fsp3) is 0.308. The minimum absolute atomic E-state index is 0.0151. The van der Waals surface area contributed by atoms with Crippen molar-refractivity contribution in [2.45, 2.75) is 26.8 Å². The van der Waals surface area contributed by atoms with Crippen molar-refractivity contribution in [1.82, 2.24) is 4.98 Å². The molecule has 0 saturated carbocycles. The molecule has 0 aliphatic heterocycles. The second kappa shape index (κ2) is 5.72. The first-order valence-corrected chi connectivity index (χ1v) is 7.59. The third kappa shape index (κ3) is 3.05. The van der Waals surface area contributed by atoms with Crippen LogP contribution in [0.15, 0.2) is 12.1 Å². The molecule has 2 N–H and O–H groups in total. The SMILES string of the molecule is CC(=O)c1sc(NC(C)c2ccc(C)s2)nc1C(=O)O. The molecule has 7 heteroatoms. The number of anilines is 1. The molecule has 0 saturated heterocycles. The molecule has 1 unspecified atom stereocenters. The van der Waals surface area contributed by atoms with E-state index in [0.29, 0.717) is 5.13 Å². The summed E-state index contributed by atoms with van der Waals surface area (Å²) in [5, 5.41) is 12.6. The van der Waals surface area contributed by atoms with Gasteiger partial charge in [0.15, 0.2) is 16.6 Å². The summed E-state index contributed by atoms with van der Waals surface area (Å²) in [5.74, 6) is -1.47. The monoisotopic (exact) mass is 310 g/mol. The first-order valence-electron chi connectivity index (χ1n) is 5.96. The molecule has 2 aromatic rings. The summed E-state index contributed by atoms with van der Waals surface area (Å²) in [6, 6.07) is 4.07. The van der Waals surface area contributed by atoms with Gasteiger partial charge in [-0.25, -0.2) is 9.78 Å². The smallest absolute Gasteiger partial charge is 0.356 e. The molecular weight excluding hydrogens is 296 g/mol. The Hall–Kier alpha value is -1.73. The average Bonchev–Trinajstić information content (AvgIpc) is 2.95. The van der Waals surface area contributed by atoms with Gasteiger partial charge in [-0.1, -0.05) is 11.3 Å². The maximum atomic E-state index is 11.4. The molecule has 0 radical (unpaired) electrons. The Morgan fingerprint density at radius 1 is 1.35 bits per heavy atom. The van der Waals surface area contributed by atoms with Crippen LogP contribution in [0, 0.1) is 6.92 Å². The quantitative estimate of drug-likeness (QED) is 0.825. The number of aromatic nitrogens is 1. The Labute approximate surface area is 124 Å². The Morgan fingerprint density at radius 2 is 2.05 bits per heavy atom. The van der Waals surface area contributed by atoms with Crippen molar-refractivity contribution in [2.24, 2.45) is 0 Å². The lowest BCUT2D eigenvalue weighted by atomic mass is 10.3. The summed E-state index contributed by atoms with van der Waals surface area (Å²) in [4.78, 5) is 29.0. The van der Waals surface area contributed by atoms with Gasteiger partial charge >= 0.3 is 5.97 Å². The molecule has 0 fully saturated rings. The van der Waals surface area contributed by atoms with Crippen LogP contribution < -0.4 is 5.32 Å². The van der Waals surface area contributed by atoms with Gasteiger partial charge in [0.25, 0.3) is 0 Å². The van der Waals surface area contributed by atoms with Gasteiger partial charge in [-0.05, 0) is 26.0 Å². The van der Waals surface area contributed by atoms with Crippen molar-refractivity contribution in [3.05, 3.63) is 32.5 Å². The van der Waals surface area contributed by atoms with Gasteiger partial charge < -0.3 is 10.4 Å². The normalized spacial score (nSPS) is 12.2. The molecule has 106 valence electrons. The van der Waals surface area contributed by atoms with E-state index in [9.17, 15) is 9.59 Å². The van der Waals surface area contributed by atoms with Gasteiger partial charge in [0.1, 0.15) is 4.88 Å². The molecule has 2 heterocycles. The third-order valence-electron chi connectivity index (χ3n) is 2.68. The number of carbonyl (C=O) groups is 2. The number of ketones is 1. The predicted octanol–water partition coefficient (Wildman–Crippen LogP) is 3.59. The average molecular weight is 310 g/mol. The Balaban J connectivity index is 2.23. The van der Waals surface area contributed by atoms with Crippen molar-refractivity contribution in [2.75, 3.05) is 5.32 Å². The van der Waals surface area contributed by atoms with Crippen LogP contribution in [-0.4, -0.2) is 21.8 Å². The Bertz CT molecular complexity index is 629. The number of carbonyl (C=O) groups excluding carboxylic acids is 1. The van der Waals surface area contributed by atoms with Crippen molar-refractivity contribution < 1.29 is 14.7 Å². The number of hydrogen-bond acceptors (Lipinski definition) is 6. The van der Waals surface area contributed by atoms with Crippen molar-refractivity contribution in [1.29, 1.82) is 0 Å². The van der Waals surface area contributed by atoms with E-state index in [1.807, 2.05) is 26.0 Å². The first-order chi connectivity index (χ1) is 9.38. The fourth-order valence-corrected chi connectivity index (χ4v) is 3.53. The van der Waals surface area contributed by atoms with Gasteiger partial charge in [-0.2, -0.15) is 0 Å². The molecule has 5 nitrogen and oxygen atoms in total. The van der Waals surface area contributed by atoms with Crippen LogP contribution in [0.1, 0.15) is 49.8 Å². The number of carboxylic acid groups (broad SMARTS) is 1. The number of Topliss-reactive ketones (excluding diaryl/α,β-unsaturated/α-hetero) is 1. The zero-order valence-electron chi connectivity index (χ0n) is 11.3. The molecule has 0 spiro atoms. The number of thiazole rings is 1. The lowest BCUT2D eigenvalue weighted by molar-refractivity contribution is 0.0687. The van der Waals surface area contributed by atoms with Crippen LogP contribution in [0.2, 0.25) is 0 Å². The van der Waals surface area contributed by atoms with Crippen molar-refractivity contribution in [3.8, 4) is 0 Å². The minimum atomic E-state index is -1.18. The van der Waals surface area contributed by atoms with Crippen LogP contribution >= 0.6 is 22.7 Å². The molecule has 1 atom stereocenters. The second-order valence-corrected chi connectivity index (χ2v) is 6.69. The van der Waals surface area contributed by atoms with E-state index in [0.717, 1.165) is 16.2 Å². The van der Waals surface area contributed by atoms with Crippen LogP contribution in [0.5, 0.6) is 0 Å². The van der Waals surface area contributed by atoms with Gasteiger partial charge in [-0.3, -0.25) is 4.79 Å². The number of nitrogens with zero attached hydrogens (tertiary/aromatic N) is 1. The highest BCUT2D eigenvalue weighted by Crippen LogP contribution is 2.29. The summed E-state index contributed by atoms with van der Waals surface area (Å²) in [6.45, 7) is 5.34. The minimum Gasteiger partial charge on any atom is -0.476 e. The maximum absolute atomic E-state index is 11.4. The van der Waals surface area contributed by atoms with Crippen LogP contribution in [0.25, 0.3) is 0 Å². The summed E-state index contributed by atoms with van der Waals surface area (Å²) in [7, 11) is 0. The predicted molar refractivity (Wildman–Crippen MR) is 80.2 cm³/mol. The van der Waals surface area contributed by atoms with Crippen LogP contribution in [-0.2, 0) is 0 Å². The first kappa shape index (κ1) is 14.7. The molecule has 0 amide bonds. The van der Waals surface area contributed by atoms with Gasteiger partial charge in [0.05, 0.1) is 6.04 Å². The van der Waals surface area contributed by atoms with Crippen molar-refractivity contribution in [3.63, 3.8) is 0 Å². The molecule has 2 rings (SSSR count). The highest BCUT2D eigenvalue weighted by atomic mass is 32.1. The summed E-state index contributed by atoms with van der Waals surface area (Å²) < 4.78 is 0. The van der Waals surface area contributed by atoms with Gasteiger partial charge in [0.2, 0.25) is 0 Å². The summed E-state index contributed by atoms with van der Waals surface area (Å²) in [6.07, 6.45) is 0. The van der Waals surface area contributed by atoms with E-state index in [-0.39, 0.29) is 22.4 Å². The van der Waals surface area contributed by atoms with Crippen LogP contribution in [0.3, 0.4) is 0 Å². The van der Waals surface area contributed by atoms with Gasteiger partial charge in [-0.15, -0.1) is 11.3 Å². The lowest BCUT2D eigenvalue weighted by Crippen LogP contribution is -2.06. The Morgan fingerprint density at radius 3 is 2.50 bits per heavy atom. The van der Waals surface area contributed by atoms with E-state index in [4.69, 9.17) is 5.11 Å². The molecular formula is C13H14N2O3S2. The molecule has 0 bridgehead atoms. The standard InChI is InChI=1S/C13H14N2O3S2/c1-6-4-5-9(19-6)7(2)14-13-15-10(12(17)18)11(20-13)8(3)16/h4-5,7H,1-3H3,(H,14,15)(H,17,18). The Kier molecular flexibility index (Phi) is 4.20. The van der Waals surface area contributed by atoms with E-state index >= 15 is 0 Å². The van der Waals surface area contributed by atoms with Crippen molar-refractivity contribution >= 4 is 39.6 Å². The van der Waals surface area contributed by atoms with E-state index in [2.05, 4.69) is 10.3 Å². The molecule has 20 heavy (non-hydrogen) atoms. The molecule has 0 aromatic carbocycles. The number of aryl methyl sites for hydroxylation is 1. The number of nitrogens with one attached hydrogen (secondary N) is 1. The van der Waals surface area contributed by atoms with Gasteiger partial charge in [0, 0.05) is 16.7 Å². The fourth-order valence-electron chi connectivity index (χ4n) is 1.71. The molecule has 0 aliphatic rings. The molecule has 2 aromatic heterocycles. The number of hydrogen-bond donors (Lipinski definition) is 2. The number of thiophene rings is 1. The second-order valence-electron chi connectivity index (χ2n) is 4.37. The van der Waals surface area contributed by atoms with Crippen LogP contribution in [0.4, 0.5) is 5.13 Å². The highest BCUT2D eigenvalue weighted by molar-refractivity contribution is 7.17. The zero-order chi connectivity index (χ0) is 14.9. The topological polar surface area (TPSA) is 79.3 Å². The van der Waals surface area contributed by atoms with E-state index in [1.165, 1.54) is 11.8 Å². The summed E-state index contributed by atoms with van der Waals surface area (Å²) >= 11 is 2.75. The van der Waals surface area contributed by atoms with E-state index in [1.54, 1.807) is 11.3 Å². The lowest BCUT2D eigenvalue weighted by Gasteiger charge is -2.10. The summed E-state index contributed by atoms with van der Waals surface area (Å²) in [5.41, 5.74) is -0.181. The number of carboxylic acids is 1. The molecule has 0 aliphatic carbocycles.